The highest BCUT2D eigenvalue weighted by atomic mass is 19.4. The molecule has 0 heterocycles. The summed E-state index contributed by atoms with van der Waals surface area (Å²) in [5.74, 6) is -2.76. The third-order valence-corrected chi connectivity index (χ3v) is 1.69. The van der Waals surface area contributed by atoms with E-state index in [-0.39, 0.29) is 12.1 Å². The maximum Gasteiger partial charge on any atom is 0.490 e. The number of carboxylic acid groups (broad SMARTS) is 1. The van der Waals surface area contributed by atoms with E-state index in [9.17, 15) is 13.2 Å². The van der Waals surface area contributed by atoms with Crippen LogP contribution in [0.1, 0.15) is 19.3 Å². The summed E-state index contributed by atoms with van der Waals surface area (Å²) in [6.07, 6.45) is -2.47. The molecule has 7 heteroatoms. The molecule has 0 saturated heterocycles. The molecule has 1 rings (SSSR count). The number of nitrogens with two attached hydrogens (primary N) is 1. The van der Waals surface area contributed by atoms with Crippen LogP contribution in [0.3, 0.4) is 0 Å². The second kappa shape index (κ2) is 5.16. The highest BCUT2D eigenvalue weighted by molar-refractivity contribution is 5.73. The van der Waals surface area contributed by atoms with Crippen LogP contribution in [0, 0.1) is 0 Å². The van der Waals surface area contributed by atoms with Gasteiger partial charge in [0.2, 0.25) is 0 Å². The Labute approximate surface area is 78.5 Å². The number of rotatable bonds is 0. The Morgan fingerprint density at radius 1 is 1.36 bits per heavy atom. The second-order valence-corrected chi connectivity index (χ2v) is 3.03. The first-order valence-corrected chi connectivity index (χ1v) is 3.97. The van der Waals surface area contributed by atoms with Crippen molar-refractivity contribution in [2.75, 3.05) is 0 Å². The van der Waals surface area contributed by atoms with Gasteiger partial charge < -0.3 is 15.9 Å². The predicted molar refractivity (Wildman–Crippen MR) is 41.5 cm³/mol. The van der Waals surface area contributed by atoms with Crippen molar-refractivity contribution in [3.05, 3.63) is 0 Å². The molecule has 0 aromatic heterocycles. The minimum absolute atomic E-state index is 0.102. The highest BCUT2D eigenvalue weighted by Gasteiger charge is 2.38. The van der Waals surface area contributed by atoms with Gasteiger partial charge in [-0.1, -0.05) is 0 Å². The molecule has 14 heavy (non-hydrogen) atoms. The lowest BCUT2D eigenvalue weighted by molar-refractivity contribution is -0.192. The Morgan fingerprint density at radius 3 is 1.86 bits per heavy atom. The molecule has 2 atom stereocenters. The Kier molecular flexibility index (Phi) is 4.86. The van der Waals surface area contributed by atoms with Crippen LogP contribution < -0.4 is 5.73 Å². The average molecular weight is 215 g/mol. The molecule has 0 bridgehead atoms. The van der Waals surface area contributed by atoms with Crippen molar-refractivity contribution in [3.63, 3.8) is 0 Å². The van der Waals surface area contributed by atoms with E-state index in [0.29, 0.717) is 0 Å². The van der Waals surface area contributed by atoms with E-state index >= 15 is 0 Å². The van der Waals surface area contributed by atoms with Crippen LogP contribution in [0.25, 0.3) is 0 Å². The van der Waals surface area contributed by atoms with Gasteiger partial charge in [-0.3, -0.25) is 0 Å². The van der Waals surface area contributed by atoms with Crippen molar-refractivity contribution in [3.8, 4) is 0 Å². The standard InChI is InChI=1S/C5H11NO.C2HF3O2/c6-4-1-2-5(7)3-4;3-2(4,5)1(6)7/h4-5,7H,1-3,6H2;(H,6,7)/t4-,5+;/m1./s1. The lowest BCUT2D eigenvalue weighted by atomic mass is 10.3. The topological polar surface area (TPSA) is 83.5 Å². The summed E-state index contributed by atoms with van der Waals surface area (Å²) in [6, 6.07) is 0.273. The van der Waals surface area contributed by atoms with Gasteiger partial charge in [-0.15, -0.1) is 0 Å². The smallest absolute Gasteiger partial charge is 0.475 e. The van der Waals surface area contributed by atoms with Gasteiger partial charge in [0.1, 0.15) is 0 Å². The molecule has 0 aromatic rings. The van der Waals surface area contributed by atoms with E-state index < -0.39 is 12.1 Å². The number of carboxylic acids is 1. The van der Waals surface area contributed by atoms with Gasteiger partial charge in [-0.25, -0.2) is 4.79 Å². The van der Waals surface area contributed by atoms with Gasteiger partial charge in [0.15, 0.2) is 0 Å². The van der Waals surface area contributed by atoms with Crippen molar-refractivity contribution < 1.29 is 28.2 Å². The molecule has 4 nitrogen and oxygen atoms in total. The van der Waals surface area contributed by atoms with Crippen LogP contribution in [0.5, 0.6) is 0 Å². The van der Waals surface area contributed by atoms with Crippen molar-refractivity contribution in [1.82, 2.24) is 0 Å². The monoisotopic (exact) mass is 215 g/mol. The fourth-order valence-corrected chi connectivity index (χ4v) is 0.992. The SMILES string of the molecule is N[C@@H]1CC[C@H](O)C1.O=C(O)C(F)(F)F. The summed E-state index contributed by atoms with van der Waals surface area (Å²) in [5, 5.41) is 15.9. The quantitative estimate of drug-likeness (QED) is 0.549. The van der Waals surface area contributed by atoms with E-state index in [4.69, 9.17) is 20.7 Å². The predicted octanol–water partition coefficient (Wildman–Crippen LogP) is 0.492. The summed E-state index contributed by atoms with van der Waals surface area (Å²) in [4.78, 5) is 8.90. The highest BCUT2D eigenvalue weighted by Crippen LogP contribution is 2.15. The van der Waals surface area contributed by atoms with Crippen LogP contribution in [0.15, 0.2) is 0 Å². The lowest BCUT2D eigenvalue weighted by Gasteiger charge is -1.96. The molecule has 1 aliphatic rings. The van der Waals surface area contributed by atoms with Crippen LogP contribution in [-0.2, 0) is 4.79 Å². The first-order chi connectivity index (χ1) is 6.23. The molecule has 0 aromatic carbocycles. The number of carbonyl (C=O) groups is 1. The van der Waals surface area contributed by atoms with Crippen molar-refractivity contribution in [2.24, 2.45) is 5.73 Å². The van der Waals surface area contributed by atoms with E-state index in [1.807, 2.05) is 0 Å². The van der Waals surface area contributed by atoms with E-state index in [0.717, 1.165) is 19.3 Å². The third-order valence-electron chi connectivity index (χ3n) is 1.69. The van der Waals surface area contributed by atoms with Crippen LogP contribution in [-0.4, -0.2) is 34.5 Å². The number of aliphatic hydroxyl groups excluding tert-OH is 1. The van der Waals surface area contributed by atoms with Crippen molar-refractivity contribution in [2.45, 2.75) is 37.6 Å². The fourth-order valence-electron chi connectivity index (χ4n) is 0.992. The van der Waals surface area contributed by atoms with Crippen LogP contribution in [0.2, 0.25) is 0 Å². The average Bonchev–Trinajstić information content (AvgIpc) is 2.33. The third kappa shape index (κ3) is 5.76. The van der Waals surface area contributed by atoms with E-state index in [1.54, 1.807) is 0 Å². The zero-order valence-electron chi connectivity index (χ0n) is 7.29. The molecule has 0 amide bonds. The fraction of sp³-hybridized carbons (Fsp3) is 0.857. The minimum atomic E-state index is -5.08. The molecule has 84 valence electrons. The van der Waals surface area contributed by atoms with Gasteiger partial charge in [0, 0.05) is 6.04 Å². The largest absolute Gasteiger partial charge is 0.490 e. The summed E-state index contributed by atoms with van der Waals surface area (Å²) in [5.41, 5.74) is 5.47. The Hall–Kier alpha value is -0.820. The van der Waals surface area contributed by atoms with Gasteiger partial charge in [-0.05, 0) is 19.3 Å². The van der Waals surface area contributed by atoms with Gasteiger partial charge >= 0.3 is 12.1 Å². The molecule has 1 aliphatic carbocycles. The number of halogens is 3. The summed E-state index contributed by atoms with van der Waals surface area (Å²) in [6.45, 7) is 0. The molecule has 0 aliphatic heterocycles. The molecule has 0 spiro atoms. The first kappa shape index (κ1) is 13.2. The van der Waals surface area contributed by atoms with Gasteiger partial charge in [0.25, 0.3) is 0 Å². The van der Waals surface area contributed by atoms with Gasteiger partial charge in [0.05, 0.1) is 6.10 Å². The van der Waals surface area contributed by atoms with Crippen molar-refractivity contribution in [1.29, 1.82) is 0 Å². The molecule has 4 N–H and O–H groups in total. The van der Waals surface area contributed by atoms with Crippen LogP contribution >= 0.6 is 0 Å². The molecular formula is C7H12F3NO3. The Balaban J connectivity index is 0.000000241. The number of aliphatic hydroxyl groups is 1. The zero-order valence-corrected chi connectivity index (χ0v) is 7.29. The molecule has 1 saturated carbocycles. The molecule has 0 unspecified atom stereocenters. The number of hydrogen-bond donors (Lipinski definition) is 3. The molecule has 0 radical (unpaired) electrons. The van der Waals surface area contributed by atoms with E-state index in [1.165, 1.54) is 0 Å². The van der Waals surface area contributed by atoms with Crippen LogP contribution in [0.4, 0.5) is 13.2 Å². The first-order valence-electron chi connectivity index (χ1n) is 3.97. The zero-order chi connectivity index (χ0) is 11.4. The normalized spacial score (nSPS) is 26.6. The molecule has 1 fully saturated rings. The van der Waals surface area contributed by atoms with E-state index in [2.05, 4.69) is 0 Å². The van der Waals surface area contributed by atoms with Gasteiger partial charge in [-0.2, -0.15) is 13.2 Å². The second-order valence-electron chi connectivity index (χ2n) is 3.03. The lowest BCUT2D eigenvalue weighted by Crippen LogP contribution is -2.21. The molecular weight excluding hydrogens is 203 g/mol. The summed E-state index contributed by atoms with van der Waals surface area (Å²) in [7, 11) is 0. The number of alkyl halides is 3. The Morgan fingerprint density at radius 2 is 1.79 bits per heavy atom. The maximum absolute atomic E-state index is 10.6. The number of hydrogen-bond acceptors (Lipinski definition) is 3. The Bertz CT molecular complexity index is 187. The van der Waals surface area contributed by atoms with Crippen molar-refractivity contribution >= 4 is 5.97 Å². The minimum Gasteiger partial charge on any atom is -0.475 e. The summed E-state index contributed by atoms with van der Waals surface area (Å²) < 4.78 is 31.7. The summed E-state index contributed by atoms with van der Waals surface area (Å²) >= 11 is 0. The maximum atomic E-state index is 10.6. The number of aliphatic carboxylic acids is 1.